The summed E-state index contributed by atoms with van der Waals surface area (Å²) in [5.74, 6) is 4.76. The van der Waals surface area contributed by atoms with Crippen LogP contribution in [-0.2, 0) is 0 Å². The van der Waals surface area contributed by atoms with Crippen LogP contribution in [0.5, 0.6) is 0 Å². The minimum Gasteiger partial charge on any atom is -0.456 e. The van der Waals surface area contributed by atoms with Gasteiger partial charge in [0.05, 0.1) is 0 Å². The highest BCUT2D eigenvalue weighted by atomic mass is 16.3. The average Bonchev–Trinajstić information content (AvgIpc) is 3.52. The number of imidazole rings is 1. The van der Waals surface area contributed by atoms with Crippen LogP contribution in [0.15, 0.2) is 69.1 Å². The maximum Gasteiger partial charge on any atom is 0.148 e. The van der Waals surface area contributed by atoms with Gasteiger partial charge in [0.25, 0.3) is 0 Å². The van der Waals surface area contributed by atoms with E-state index in [2.05, 4.69) is 101 Å². The molecular formula is C31H34N6O. The molecule has 4 heterocycles. The van der Waals surface area contributed by atoms with Crippen molar-refractivity contribution in [1.82, 2.24) is 20.2 Å². The van der Waals surface area contributed by atoms with Gasteiger partial charge in [-0.05, 0) is 49.0 Å². The predicted molar refractivity (Wildman–Crippen MR) is 156 cm³/mol. The normalized spacial score (nSPS) is 20.1. The van der Waals surface area contributed by atoms with E-state index in [4.69, 9.17) is 9.40 Å². The summed E-state index contributed by atoms with van der Waals surface area (Å²) < 4.78 is 8.33. The minimum atomic E-state index is 0.557. The fourth-order valence-electron chi connectivity index (χ4n) is 4.87. The van der Waals surface area contributed by atoms with Gasteiger partial charge < -0.3 is 19.6 Å². The third-order valence-corrected chi connectivity index (χ3v) is 7.27. The Kier molecular flexibility index (Phi) is 6.35. The summed E-state index contributed by atoms with van der Waals surface area (Å²) in [5.41, 5.74) is 6.19. The molecule has 2 aliphatic heterocycles. The zero-order chi connectivity index (χ0) is 26.2. The van der Waals surface area contributed by atoms with Crippen molar-refractivity contribution in [2.45, 2.75) is 27.7 Å². The molecule has 2 atom stereocenters. The molecule has 38 heavy (non-hydrogen) atoms. The quantitative estimate of drug-likeness (QED) is 0.370. The standard InChI is InChI=1S/C31H34N6O/c1-19-13-32-30(33-14-19)26-10-9-25-11-28(38-29(25)12-26)24-7-5-23(6-8-24)21(3)17-37-18-27(36-22(37)4)31-34-15-20(2)16-35-31/h5-12,17-20H,13-16H2,1-4H3,(H,32,33)(H,34,35). The number of nitrogens with zero attached hydrogens (tertiary/aromatic N) is 4. The van der Waals surface area contributed by atoms with Crippen molar-refractivity contribution in [2.75, 3.05) is 26.2 Å². The van der Waals surface area contributed by atoms with Gasteiger partial charge in [-0.2, -0.15) is 0 Å². The number of amidine groups is 2. The highest BCUT2D eigenvalue weighted by molar-refractivity contribution is 6.02. The Morgan fingerprint density at radius 2 is 1.61 bits per heavy atom. The lowest BCUT2D eigenvalue weighted by Gasteiger charge is -2.19. The van der Waals surface area contributed by atoms with Crippen LogP contribution in [0.2, 0.25) is 0 Å². The van der Waals surface area contributed by atoms with Crippen molar-refractivity contribution in [2.24, 2.45) is 21.8 Å². The van der Waals surface area contributed by atoms with Crippen molar-refractivity contribution in [3.63, 3.8) is 0 Å². The molecule has 7 nitrogen and oxygen atoms in total. The first-order valence-corrected chi connectivity index (χ1v) is 13.4. The van der Waals surface area contributed by atoms with Crippen LogP contribution in [0.25, 0.3) is 34.1 Å². The molecule has 2 N–H and O–H groups in total. The number of nitrogens with one attached hydrogen (secondary N) is 2. The number of hydrogen-bond acceptors (Lipinski definition) is 6. The van der Waals surface area contributed by atoms with Crippen LogP contribution in [-0.4, -0.2) is 47.4 Å². The molecule has 194 valence electrons. The Morgan fingerprint density at radius 3 is 2.29 bits per heavy atom. The Morgan fingerprint density at radius 1 is 0.921 bits per heavy atom. The molecule has 0 amide bonds. The summed E-state index contributed by atoms with van der Waals surface area (Å²) in [6.07, 6.45) is 4.17. The molecule has 0 bridgehead atoms. The summed E-state index contributed by atoms with van der Waals surface area (Å²) in [5, 5.41) is 7.92. The maximum atomic E-state index is 6.26. The first-order valence-electron chi connectivity index (χ1n) is 13.4. The first-order chi connectivity index (χ1) is 18.4. The van der Waals surface area contributed by atoms with Gasteiger partial charge in [0.2, 0.25) is 0 Å². The zero-order valence-electron chi connectivity index (χ0n) is 22.5. The lowest BCUT2D eigenvalue weighted by atomic mass is 10.0. The van der Waals surface area contributed by atoms with E-state index in [0.29, 0.717) is 11.8 Å². The number of allylic oxidation sites excluding steroid dienone is 1. The third-order valence-electron chi connectivity index (χ3n) is 7.27. The van der Waals surface area contributed by atoms with E-state index in [1.165, 1.54) is 0 Å². The molecule has 0 radical (unpaired) electrons. The Balaban J connectivity index is 1.21. The molecule has 0 fully saturated rings. The van der Waals surface area contributed by atoms with Gasteiger partial charge in [-0.15, -0.1) is 0 Å². The molecule has 4 aromatic rings. The topological polar surface area (TPSA) is 79.7 Å². The Labute approximate surface area is 223 Å². The van der Waals surface area contributed by atoms with E-state index >= 15 is 0 Å². The van der Waals surface area contributed by atoms with Gasteiger partial charge in [0.15, 0.2) is 0 Å². The second-order valence-corrected chi connectivity index (χ2v) is 10.7. The number of aliphatic imine (C=N–C) groups is 2. The van der Waals surface area contributed by atoms with Gasteiger partial charge in [0.1, 0.15) is 34.5 Å². The van der Waals surface area contributed by atoms with E-state index in [-0.39, 0.29) is 0 Å². The highest BCUT2D eigenvalue weighted by Gasteiger charge is 2.16. The SMILES string of the molecule is CC(=Cn1cc(C2=NCC(C)CN2)nc1C)c1ccc(-c2cc3ccc(C4=NCC(C)CN4)cc3o2)cc1. The molecule has 6 rings (SSSR count). The van der Waals surface area contributed by atoms with Crippen molar-refractivity contribution >= 4 is 34.4 Å². The molecule has 0 spiro atoms. The number of rotatable bonds is 5. The second-order valence-electron chi connectivity index (χ2n) is 10.7. The number of aromatic nitrogens is 2. The third kappa shape index (κ3) is 4.88. The minimum absolute atomic E-state index is 0.557. The van der Waals surface area contributed by atoms with E-state index in [1.807, 2.05) is 13.1 Å². The fourth-order valence-corrected chi connectivity index (χ4v) is 4.87. The smallest absolute Gasteiger partial charge is 0.148 e. The van der Waals surface area contributed by atoms with Crippen molar-refractivity contribution in [3.05, 3.63) is 77.4 Å². The lowest BCUT2D eigenvalue weighted by Crippen LogP contribution is -2.35. The summed E-state index contributed by atoms with van der Waals surface area (Å²) in [6, 6.07) is 16.9. The molecule has 2 aliphatic rings. The van der Waals surface area contributed by atoms with Gasteiger partial charge >= 0.3 is 0 Å². The summed E-state index contributed by atoms with van der Waals surface area (Å²) in [6.45, 7) is 12.1. The van der Waals surface area contributed by atoms with Crippen molar-refractivity contribution < 1.29 is 4.42 Å². The molecule has 0 saturated carbocycles. The van der Waals surface area contributed by atoms with Crippen LogP contribution in [0, 0.1) is 18.8 Å². The number of hydrogen-bond donors (Lipinski definition) is 2. The van der Waals surface area contributed by atoms with Gasteiger partial charge in [-0.1, -0.05) is 50.2 Å². The van der Waals surface area contributed by atoms with Crippen LogP contribution < -0.4 is 10.6 Å². The van der Waals surface area contributed by atoms with Crippen LogP contribution in [0.1, 0.15) is 43.4 Å². The average molecular weight is 507 g/mol. The zero-order valence-corrected chi connectivity index (χ0v) is 22.5. The van der Waals surface area contributed by atoms with E-state index in [9.17, 15) is 0 Å². The predicted octanol–water partition coefficient (Wildman–Crippen LogP) is 5.59. The van der Waals surface area contributed by atoms with Crippen LogP contribution in [0.3, 0.4) is 0 Å². The molecule has 0 saturated heterocycles. The van der Waals surface area contributed by atoms with Gasteiger partial charge in [-0.25, -0.2) is 4.98 Å². The lowest BCUT2D eigenvalue weighted by molar-refractivity contribution is 0.554. The van der Waals surface area contributed by atoms with Crippen LogP contribution in [0.4, 0.5) is 0 Å². The first kappa shape index (κ1) is 24.2. The number of aryl methyl sites for hydroxylation is 1. The fraction of sp³-hybridized carbons (Fsp3) is 0.323. The molecule has 2 unspecified atom stereocenters. The van der Waals surface area contributed by atoms with E-state index in [0.717, 1.165) is 88.4 Å². The number of furan rings is 1. The molecule has 0 aliphatic carbocycles. The summed E-state index contributed by atoms with van der Waals surface area (Å²) in [4.78, 5) is 14.1. The molecule has 7 heteroatoms. The summed E-state index contributed by atoms with van der Waals surface area (Å²) in [7, 11) is 0. The number of fused-ring (bicyclic) bond motifs is 1. The van der Waals surface area contributed by atoms with E-state index < -0.39 is 0 Å². The highest BCUT2D eigenvalue weighted by Crippen LogP contribution is 2.30. The second kappa shape index (κ2) is 9.97. The summed E-state index contributed by atoms with van der Waals surface area (Å²) >= 11 is 0. The van der Waals surface area contributed by atoms with Gasteiger partial charge in [-0.3, -0.25) is 9.98 Å². The van der Waals surface area contributed by atoms with Crippen LogP contribution >= 0.6 is 0 Å². The Hall–Kier alpha value is -4.13. The molecular weight excluding hydrogens is 472 g/mol. The monoisotopic (exact) mass is 506 g/mol. The molecule has 2 aromatic heterocycles. The molecule has 2 aromatic carbocycles. The number of benzene rings is 2. The van der Waals surface area contributed by atoms with Gasteiger partial charge in [0, 0.05) is 55.1 Å². The van der Waals surface area contributed by atoms with E-state index in [1.54, 1.807) is 0 Å². The maximum absolute atomic E-state index is 6.26. The van der Waals surface area contributed by atoms with Crippen molar-refractivity contribution in [3.8, 4) is 11.3 Å². The Bertz CT molecular complexity index is 1570. The van der Waals surface area contributed by atoms with Crippen molar-refractivity contribution in [1.29, 1.82) is 0 Å². The largest absolute Gasteiger partial charge is 0.456 e.